The molecule has 0 unspecified atom stereocenters. The summed E-state index contributed by atoms with van der Waals surface area (Å²) in [6.45, 7) is 4.20. The molecule has 0 aliphatic rings. The average Bonchev–Trinajstić information content (AvgIpc) is 2.37. The molecule has 0 saturated carbocycles. The van der Waals surface area contributed by atoms with Crippen molar-refractivity contribution in [2.45, 2.75) is 13.8 Å². The number of benzene rings is 2. The first-order valence-electron chi connectivity index (χ1n) is 6.56. The van der Waals surface area contributed by atoms with Crippen LogP contribution in [0.25, 0.3) is 0 Å². The topological polar surface area (TPSA) is 67.2 Å². The summed E-state index contributed by atoms with van der Waals surface area (Å²) in [7, 11) is 0. The second kappa shape index (κ2) is 6.21. The van der Waals surface area contributed by atoms with Crippen LogP contribution in [0.4, 0.5) is 27.1 Å². The molecule has 0 atom stereocenters. The van der Waals surface area contributed by atoms with Gasteiger partial charge in [-0.15, -0.1) is 0 Å². The molecule has 2 aromatic rings. The maximum atomic E-state index is 13.4. The molecule has 0 amide bonds. The fraction of sp³-hybridized carbons (Fsp3) is 0.200. The SMILES string of the molecule is CCNc1cccc(Nc2cc(C)cc(F)c2)c1[N+](=O)[O-]. The van der Waals surface area contributed by atoms with Gasteiger partial charge in [0.25, 0.3) is 0 Å². The fourth-order valence-electron chi connectivity index (χ4n) is 2.14. The van der Waals surface area contributed by atoms with Crippen molar-refractivity contribution in [2.75, 3.05) is 17.2 Å². The van der Waals surface area contributed by atoms with Gasteiger partial charge < -0.3 is 10.6 Å². The molecular weight excluding hydrogens is 273 g/mol. The lowest BCUT2D eigenvalue weighted by Crippen LogP contribution is -2.04. The summed E-state index contributed by atoms with van der Waals surface area (Å²) >= 11 is 0. The molecule has 0 aromatic heterocycles. The summed E-state index contributed by atoms with van der Waals surface area (Å²) in [5.41, 5.74) is 1.91. The molecule has 2 rings (SSSR count). The van der Waals surface area contributed by atoms with Gasteiger partial charge in [-0.2, -0.15) is 0 Å². The molecule has 110 valence electrons. The molecule has 2 aromatic carbocycles. The predicted octanol–water partition coefficient (Wildman–Crippen LogP) is 4.22. The maximum absolute atomic E-state index is 13.4. The van der Waals surface area contributed by atoms with Gasteiger partial charge >= 0.3 is 5.69 Å². The minimum absolute atomic E-state index is 0.0544. The Morgan fingerprint density at radius 2 is 1.95 bits per heavy atom. The number of nitro groups is 1. The number of para-hydroxylation sites is 1. The lowest BCUT2D eigenvalue weighted by Gasteiger charge is -2.11. The quantitative estimate of drug-likeness (QED) is 0.639. The van der Waals surface area contributed by atoms with E-state index in [1.54, 1.807) is 31.2 Å². The van der Waals surface area contributed by atoms with Gasteiger partial charge in [-0.3, -0.25) is 10.1 Å². The summed E-state index contributed by atoms with van der Waals surface area (Å²) in [5.74, 6) is -0.386. The van der Waals surface area contributed by atoms with Gasteiger partial charge in [-0.25, -0.2) is 4.39 Å². The Balaban J connectivity index is 2.43. The van der Waals surface area contributed by atoms with Crippen LogP contribution in [0.2, 0.25) is 0 Å². The summed E-state index contributed by atoms with van der Waals surface area (Å²) in [4.78, 5) is 10.8. The Bertz CT molecular complexity index is 654. The van der Waals surface area contributed by atoms with E-state index in [1.807, 2.05) is 6.92 Å². The molecule has 0 fully saturated rings. The minimum atomic E-state index is -0.452. The molecule has 0 spiro atoms. The molecule has 0 saturated heterocycles. The number of nitrogens with zero attached hydrogens (tertiary/aromatic N) is 1. The van der Waals surface area contributed by atoms with Crippen molar-refractivity contribution in [3.05, 3.63) is 57.9 Å². The smallest absolute Gasteiger partial charge is 0.315 e. The van der Waals surface area contributed by atoms with E-state index in [0.29, 0.717) is 23.6 Å². The van der Waals surface area contributed by atoms with Crippen LogP contribution in [-0.4, -0.2) is 11.5 Å². The van der Waals surface area contributed by atoms with E-state index in [9.17, 15) is 14.5 Å². The van der Waals surface area contributed by atoms with E-state index >= 15 is 0 Å². The van der Waals surface area contributed by atoms with Gasteiger partial charge in [-0.05, 0) is 49.7 Å². The molecule has 0 heterocycles. The van der Waals surface area contributed by atoms with Gasteiger partial charge in [0, 0.05) is 12.2 Å². The van der Waals surface area contributed by atoms with Crippen molar-refractivity contribution in [2.24, 2.45) is 0 Å². The Hall–Kier alpha value is -2.63. The zero-order valence-corrected chi connectivity index (χ0v) is 11.8. The highest BCUT2D eigenvalue weighted by atomic mass is 19.1. The zero-order chi connectivity index (χ0) is 15.4. The van der Waals surface area contributed by atoms with Crippen molar-refractivity contribution in [1.82, 2.24) is 0 Å². The van der Waals surface area contributed by atoms with E-state index in [1.165, 1.54) is 12.1 Å². The van der Waals surface area contributed by atoms with Crippen LogP contribution in [0.3, 0.4) is 0 Å². The van der Waals surface area contributed by atoms with Gasteiger partial charge in [-0.1, -0.05) is 6.07 Å². The third-order valence-electron chi connectivity index (χ3n) is 2.91. The van der Waals surface area contributed by atoms with Crippen LogP contribution >= 0.6 is 0 Å². The van der Waals surface area contributed by atoms with Crippen LogP contribution in [-0.2, 0) is 0 Å². The monoisotopic (exact) mass is 289 g/mol. The molecule has 0 bridgehead atoms. The second-order valence-corrected chi connectivity index (χ2v) is 4.63. The van der Waals surface area contributed by atoms with Crippen LogP contribution in [0.15, 0.2) is 36.4 Å². The third-order valence-corrected chi connectivity index (χ3v) is 2.91. The van der Waals surface area contributed by atoms with Crippen molar-refractivity contribution < 1.29 is 9.31 Å². The zero-order valence-electron chi connectivity index (χ0n) is 11.8. The highest BCUT2D eigenvalue weighted by molar-refractivity contribution is 5.79. The van der Waals surface area contributed by atoms with Crippen molar-refractivity contribution in [3.63, 3.8) is 0 Å². The van der Waals surface area contributed by atoms with E-state index in [-0.39, 0.29) is 11.5 Å². The summed E-state index contributed by atoms with van der Waals surface area (Å²) < 4.78 is 13.4. The normalized spacial score (nSPS) is 10.2. The number of halogens is 1. The third kappa shape index (κ3) is 3.47. The maximum Gasteiger partial charge on any atom is 0.315 e. The standard InChI is InChI=1S/C15H16FN3O2/c1-3-17-13-5-4-6-14(15(13)19(20)21)18-12-8-10(2)7-11(16)9-12/h4-9,17-18H,3H2,1-2H3. The predicted molar refractivity (Wildman–Crippen MR) is 81.7 cm³/mol. The Labute approximate surface area is 122 Å². The molecule has 0 aliphatic carbocycles. The Morgan fingerprint density at radius 3 is 2.57 bits per heavy atom. The van der Waals surface area contributed by atoms with E-state index < -0.39 is 4.92 Å². The summed E-state index contributed by atoms with van der Waals surface area (Å²) in [5, 5.41) is 17.2. The minimum Gasteiger partial charge on any atom is -0.380 e. The number of aryl methyl sites for hydroxylation is 1. The Kier molecular flexibility index (Phi) is 4.37. The Morgan fingerprint density at radius 1 is 1.24 bits per heavy atom. The lowest BCUT2D eigenvalue weighted by molar-refractivity contribution is -0.383. The molecule has 2 N–H and O–H groups in total. The largest absolute Gasteiger partial charge is 0.380 e. The van der Waals surface area contributed by atoms with Crippen LogP contribution in [0.1, 0.15) is 12.5 Å². The number of nitro benzene ring substituents is 1. The number of rotatable bonds is 5. The van der Waals surface area contributed by atoms with Gasteiger partial charge in [0.1, 0.15) is 17.2 Å². The van der Waals surface area contributed by atoms with Gasteiger partial charge in [0.05, 0.1) is 4.92 Å². The van der Waals surface area contributed by atoms with Gasteiger partial charge in [0.2, 0.25) is 0 Å². The highest BCUT2D eigenvalue weighted by Gasteiger charge is 2.19. The first kappa shape index (κ1) is 14.8. The molecule has 5 nitrogen and oxygen atoms in total. The first-order valence-corrected chi connectivity index (χ1v) is 6.56. The van der Waals surface area contributed by atoms with Crippen molar-refractivity contribution >= 4 is 22.7 Å². The van der Waals surface area contributed by atoms with Crippen LogP contribution in [0.5, 0.6) is 0 Å². The number of anilines is 3. The lowest BCUT2D eigenvalue weighted by atomic mass is 10.2. The van der Waals surface area contributed by atoms with Crippen LogP contribution in [0, 0.1) is 22.9 Å². The highest BCUT2D eigenvalue weighted by Crippen LogP contribution is 2.34. The molecule has 21 heavy (non-hydrogen) atoms. The summed E-state index contributed by atoms with van der Waals surface area (Å²) in [6, 6.07) is 9.38. The number of nitrogens with one attached hydrogen (secondary N) is 2. The molecule has 0 radical (unpaired) electrons. The number of hydrogen-bond acceptors (Lipinski definition) is 4. The number of hydrogen-bond donors (Lipinski definition) is 2. The molecule has 0 aliphatic heterocycles. The van der Waals surface area contributed by atoms with E-state index in [4.69, 9.17) is 0 Å². The van der Waals surface area contributed by atoms with Crippen LogP contribution < -0.4 is 10.6 Å². The first-order chi connectivity index (χ1) is 10.0. The van der Waals surface area contributed by atoms with E-state index in [2.05, 4.69) is 10.6 Å². The van der Waals surface area contributed by atoms with E-state index in [0.717, 1.165) is 5.56 Å². The second-order valence-electron chi connectivity index (χ2n) is 4.63. The van der Waals surface area contributed by atoms with Crippen molar-refractivity contribution in [1.29, 1.82) is 0 Å². The summed E-state index contributed by atoms with van der Waals surface area (Å²) in [6.07, 6.45) is 0. The fourth-order valence-corrected chi connectivity index (χ4v) is 2.14. The molecular formula is C15H16FN3O2. The average molecular weight is 289 g/mol. The van der Waals surface area contributed by atoms with Crippen molar-refractivity contribution in [3.8, 4) is 0 Å². The van der Waals surface area contributed by atoms with Gasteiger partial charge in [0.15, 0.2) is 0 Å². The molecule has 6 heteroatoms.